The van der Waals surface area contributed by atoms with Gasteiger partial charge in [-0.3, -0.25) is 9.78 Å². The van der Waals surface area contributed by atoms with Crippen molar-refractivity contribution < 1.29 is 14.1 Å². The van der Waals surface area contributed by atoms with E-state index in [1.807, 2.05) is 20.2 Å². The Morgan fingerprint density at radius 3 is 2.91 bits per heavy atom. The van der Waals surface area contributed by atoms with Gasteiger partial charge in [0.15, 0.2) is 12.3 Å². The van der Waals surface area contributed by atoms with Gasteiger partial charge in [0, 0.05) is 23.7 Å². The number of nitrogens with zero attached hydrogens (tertiary/aromatic N) is 2. The summed E-state index contributed by atoms with van der Waals surface area (Å²) in [7, 11) is 2.03. The molecule has 0 spiro atoms. The average molecular weight is 383 g/mol. The van der Waals surface area contributed by atoms with Gasteiger partial charge in [-0.1, -0.05) is 6.92 Å². The number of aromatic nitrogens is 1. The van der Waals surface area contributed by atoms with Crippen molar-refractivity contribution in [2.75, 3.05) is 13.7 Å². The molecule has 2 N–H and O–H groups in total. The Morgan fingerprint density at radius 1 is 1.61 bits per heavy atom. The van der Waals surface area contributed by atoms with E-state index in [4.69, 9.17) is 10.5 Å². The fraction of sp³-hybridized carbons (Fsp3) is 0.588. The third-order valence-corrected chi connectivity index (χ3v) is 5.04. The summed E-state index contributed by atoms with van der Waals surface area (Å²) in [4.78, 5) is 16.1. The van der Waals surface area contributed by atoms with E-state index in [1.165, 1.54) is 6.42 Å². The lowest BCUT2D eigenvalue weighted by Crippen LogP contribution is -2.39. The molecule has 2 rings (SSSR count). The number of nitrogens with two attached hydrogens (primary N) is 1. The van der Waals surface area contributed by atoms with Crippen LogP contribution in [0.4, 0.5) is 0 Å². The van der Waals surface area contributed by atoms with E-state index in [9.17, 15) is 4.79 Å². The maximum atomic E-state index is 11.8. The van der Waals surface area contributed by atoms with E-state index in [2.05, 4.69) is 32.4 Å². The van der Waals surface area contributed by atoms with Gasteiger partial charge in [0.1, 0.15) is 13.2 Å². The summed E-state index contributed by atoms with van der Waals surface area (Å²) in [6.07, 6.45) is 8.22. The zero-order valence-corrected chi connectivity index (χ0v) is 15.6. The van der Waals surface area contributed by atoms with E-state index < -0.39 is 5.91 Å². The monoisotopic (exact) mass is 382 g/mol. The minimum absolute atomic E-state index is 0.229. The number of aryl methyl sites for hydroxylation is 1. The molecule has 2 unspecified atom stereocenters. The number of primary amides is 1. The predicted molar refractivity (Wildman–Crippen MR) is 94.2 cm³/mol. The lowest BCUT2D eigenvalue weighted by molar-refractivity contribution is -0.547. The van der Waals surface area contributed by atoms with Gasteiger partial charge in [-0.05, 0) is 42.1 Å². The van der Waals surface area contributed by atoms with Crippen molar-refractivity contribution in [2.45, 2.75) is 51.7 Å². The van der Waals surface area contributed by atoms with Crippen LogP contribution < -0.4 is 5.73 Å². The average Bonchev–Trinajstić information content (AvgIpc) is 2.52. The summed E-state index contributed by atoms with van der Waals surface area (Å²) in [5.74, 6) is -0.455. The number of amides is 1. The summed E-state index contributed by atoms with van der Waals surface area (Å²) in [6, 6.07) is 0.273. The van der Waals surface area contributed by atoms with Gasteiger partial charge in [-0.25, -0.2) is 4.58 Å². The maximum absolute atomic E-state index is 11.8. The largest absolute Gasteiger partial charge is 0.371 e. The molecule has 0 bridgehead atoms. The summed E-state index contributed by atoms with van der Waals surface area (Å²) in [5, 5.41) is 0. The molecule has 126 valence electrons. The van der Waals surface area contributed by atoms with Crippen molar-refractivity contribution in [1.82, 2.24) is 4.98 Å². The molecule has 0 radical (unpaired) electrons. The van der Waals surface area contributed by atoms with Crippen LogP contribution in [0.2, 0.25) is 0 Å². The smallest absolute Gasteiger partial charge is 0.250 e. The molecule has 1 amide bonds. The standard InChI is InChI=1S/C17H24BrN3O2/c1-4-14(15-7-5-6-8-23-15)21(3)10-12-11(2)20-9-13(18)16(12)17(19)22/h9-10,14-15H,4-8H2,1-3H3,(H-,19,22)/p+1. The Hall–Kier alpha value is -1.27. The molecule has 2 heterocycles. The first-order valence-electron chi connectivity index (χ1n) is 8.09. The number of hydrogen-bond donors (Lipinski definition) is 1. The zero-order valence-electron chi connectivity index (χ0n) is 14.0. The van der Waals surface area contributed by atoms with E-state index in [1.54, 1.807) is 6.20 Å². The maximum Gasteiger partial charge on any atom is 0.250 e. The molecule has 1 fully saturated rings. The van der Waals surface area contributed by atoms with Crippen LogP contribution in [-0.4, -0.2) is 47.5 Å². The molecule has 0 saturated carbocycles. The molecule has 5 nitrogen and oxygen atoms in total. The first-order chi connectivity index (χ1) is 11.0. The normalized spacial score (nSPS) is 20.3. The Balaban J connectivity index is 2.39. The molecular weight excluding hydrogens is 358 g/mol. The van der Waals surface area contributed by atoms with Crippen molar-refractivity contribution in [3.63, 3.8) is 0 Å². The van der Waals surface area contributed by atoms with Crippen LogP contribution in [0.1, 0.15) is 54.2 Å². The van der Waals surface area contributed by atoms with Gasteiger partial charge in [0.25, 0.3) is 5.91 Å². The van der Waals surface area contributed by atoms with Gasteiger partial charge >= 0.3 is 0 Å². The Kier molecular flexibility index (Phi) is 6.30. The fourth-order valence-electron chi connectivity index (χ4n) is 3.19. The summed E-state index contributed by atoms with van der Waals surface area (Å²) >= 11 is 3.38. The number of carbonyl (C=O) groups excluding carboxylic acids is 1. The van der Waals surface area contributed by atoms with Crippen molar-refractivity contribution in [3.8, 4) is 0 Å². The van der Waals surface area contributed by atoms with E-state index in [-0.39, 0.29) is 12.1 Å². The van der Waals surface area contributed by atoms with E-state index in [0.717, 1.165) is 37.1 Å². The highest BCUT2D eigenvalue weighted by atomic mass is 79.9. The van der Waals surface area contributed by atoms with Crippen LogP contribution in [0.3, 0.4) is 0 Å². The lowest BCUT2D eigenvalue weighted by Gasteiger charge is -2.27. The Labute approximate surface area is 146 Å². The SMILES string of the molecule is CCC(C1CCCCO1)[N+](C)=Cc1c(C)ncc(Br)c1C(N)=O. The molecule has 1 aliphatic heterocycles. The Morgan fingerprint density at radius 2 is 2.35 bits per heavy atom. The Bertz CT molecular complexity index is 610. The minimum Gasteiger partial charge on any atom is -0.371 e. The quantitative estimate of drug-likeness (QED) is 0.628. The molecule has 6 heteroatoms. The second-order valence-corrected chi connectivity index (χ2v) is 6.87. The van der Waals surface area contributed by atoms with Gasteiger partial charge in [-0.15, -0.1) is 0 Å². The third-order valence-electron chi connectivity index (χ3n) is 4.43. The highest BCUT2D eigenvalue weighted by Crippen LogP contribution is 2.22. The number of likely N-dealkylation sites (N-methyl/N-ethyl adjacent to an activating group) is 1. The summed E-state index contributed by atoms with van der Waals surface area (Å²) < 4.78 is 8.70. The molecule has 23 heavy (non-hydrogen) atoms. The van der Waals surface area contributed by atoms with E-state index in [0.29, 0.717) is 10.0 Å². The molecule has 1 saturated heterocycles. The first-order valence-corrected chi connectivity index (χ1v) is 8.88. The van der Waals surface area contributed by atoms with Crippen molar-refractivity contribution in [2.24, 2.45) is 5.73 Å². The van der Waals surface area contributed by atoms with Gasteiger partial charge in [0.05, 0.1) is 16.8 Å². The van der Waals surface area contributed by atoms with Crippen LogP contribution in [0.5, 0.6) is 0 Å². The van der Waals surface area contributed by atoms with Gasteiger partial charge in [-0.2, -0.15) is 0 Å². The summed E-state index contributed by atoms with van der Waals surface area (Å²) in [5.41, 5.74) is 7.58. The zero-order chi connectivity index (χ0) is 17.0. The van der Waals surface area contributed by atoms with Gasteiger partial charge in [0.2, 0.25) is 0 Å². The van der Waals surface area contributed by atoms with Crippen molar-refractivity contribution in [3.05, 3.63) is 27.5 Å². The highest BCUT2D eigenvalue weighted by Gasteiger charge is 2.30. The van der Waals surface area contributed by atoms with Crippen LogP contribution in [0.15, 0.2) is 10.7 Å². The predicted octanol–water partition coefficient (Wildman–Crippen LogP) is 2.66. The van der Waals surface area contributed by atoms with Crippen LogP contribution in [-0.2, 0) is 4.74 Å². The van der Waals surface area contributed by atoms with Crippen LogP contribution in [0.25, 0.3) is 0 Å². The minimum atomic E-state index is -0.455. The highest BCUT2D eigenvalue weighted by molar-refractivity contribution is 9.10. The van der Waals surface area contributed by atoms with Gasteiger partial charge < -0.3 is 10.5 Å². The fourth-order valence-corrected chi connectivity index (χ4v) is 3.70. The first kappa shape index (κ1) is 18.1. The number of rotatable bonds is 5. The molecule has 2 atom stereocenters. The second-order valence-electron chi connectivity index (χ2n) is 6.02. The lowest BCUT2D eigenvalue weighted by atomic mass is 9.99. The third kappa shape index (κ3) is 4.18. The second kappa shape index (κ2) is 8.02. The molecule has 1 aliphatic rings. The molecule has 0 aromatic carbocycles. The number of hydrogen-bond acceptors (Lipinski definition) is 3. The molecule has 1 aromatic rings. The topological polar surface area (TPSA) is 68.2 Å². The molecule has 0 aliphatic carbocycles. The molecular formula is C17H25BrN3O2+. The van der Waals surface area contributed by atoms with Crippen LogP contribution >= 0.6 is 15.9 Å². The van der Waals surface area contributed by atoms with Crippen LogP contribution in [0, 0.1) is 6.92 Å². The number of ether oxygens (including phenoxy) is 1. The number of pyridine rings is 1. The number of carbonyl (C=O) groups is 1. The summed E-state index contributed by atoms with van der Waals surface area (Å²) in [6.45, 7) is 4.88. The number of halogens is 1. The van der Waals surface area contributed by atoms with E-state index >= 15 is 0 Å². The molecule has 1 aromatic heterocycles. The van der Waals surface area contributed by atoms with Crippen molar-refractivity contribution >= 4 is 28.1 Å². The van der Waals surface area contributed by atoms with Crippen molar-refractivity contribution in [1.29, 1.82) is 0 Å².